The van der Waals surface area contributed by atoms with Gasteiger partial charge in [0.2, 0.25) is 21.8 Å². The number of carbonyl (C=O) groups is 4. The number of ether oxygens (including phenoxy) is 1. The zero-order valence-corrected chi connectivity index (χ0v) is 33.0. The van der Waals surface area contributed by atoms with Crippen molar-refractivity contribution in [3.8, 4) is 11.3 Å². The molecular formula is C40H53N7O8S. The number of aromatic nitrogens is 2. The third-order valence-corrected chi connectivity index (χ3v) is 13.7. The molecule has 1 aromatic carbocycles. The largest absolute Gasteiger partial charge is 0.446 e. The summed E-state index contributed by atoms with van der Waals surface area (Å²) in [5.41, 5.74) is 0.164. The number of rotatable bonds is 13. The molecule has 0 spiro atoms. The van der Waals surface area contributed by atoms with Gasteiger partial charge in [-0.15, -0.1) is 6.58 Å². The normalized spacial score (nSPS) is 25.7. The van der Waals surface area contributed by atoms with Crippen molar-refractivity contribution in [3.05, 3.63) is 59.4 Å². The maximum Gasteiger partial charge on any atom is 0.408 e. The Hall–Kier alpha value is -4.73. The van der Waals surface area contributed by atoms with E-state index in [1.807, 2.05) is 30.3 Å². The summed E-state index contributed by atoms with van der Waals surface area (Å²) < 4.78 is 34.7. The van der Waals surface area contributed by atoms with E-state index >= 15 is 0 Å². The van der Waals surface area contributed by atoms with Gasteiger partial charge in [-0.1, -0.05) is 50.3 Å². The van der Waals surface area contributed by atoms with Crippen molar-refractivity contribution in [1.82, 2.24) is 30.0 Å². The Morgan fingerprint density at radius 2 is 1.70 bits per heavy atom. The highest BCUT2D eigenvalue weighted by molar-refractivity contribution is 7.91. The fourth-order valence-electron chi connectivity index (χ4n) is 8.41. The van der Waals surface area contributed by atoms with Gasteiger partial charge >= 0.3 is 6.09 Å². The fraction of sp³-hybridized carbons (Fsp3) is 0.600. The average molecular weight is 792 g/mol. The molecule has 302 valence electrons. The Morgan fingerprint density at radius 3 is 2.32 bits per heavy atom. The van der Waals surface area contributed by atoms with Crippen molar-refractivity contribution in [2.45, 2.75) is 119 Å². The zero-order chi connectivity index (χ0) is 39.8. The van der Waals surface area contributed by atoms with Gasteiger partial charge in [0.25, 0.3) is 11.5 Å². The third kappa shape index (κ3) is 8.21. The van der Waals surface area contributed by atoms with Crippen LogP contribution in [0.2, 0.25) is 0 Å². The third-order valence-electron chi connectivity index (χ3n) is 11.9. The van der Waals surface area contributed by atoms with E-state index in [-0.39, 0.29) is 25.5 Å². The number of alkyl carbamates (subject to hydrolysis) is 1. The van der Waals surface area contributed by atoms with Crippen LogP contribution < -0.4 is 25.8 Å². The van der Waals surface area contributed by atoms with Crippen molar-refractivity contribution in [2.75, 3.05) is 24.5 Å². The molecule has 3 N–H and O–H groups in total. The summed E-state index contributed by atoms with van der Waals surface area (Å²) in [5.74, 6) is -3.06. The molecule has 2 aliphatic heterocycles. The number of nitrogens with zero attached hydrogens (tertiary/aromatic N) is 4. The monoisotopic (exact) mass is 791 g/mol. The fourth-order valence-corrected chi connectivity index (χ4v) is 9.78. The van der Waals surface area contributed by atoms with E-state index in [1.54, 1.807) is 19.9 Å². The Kier molecular flexibility index (Phi) is 11.3. The van der Waals surface area contributed by atoms with Crippen LogP contribution in [0.15, 0.2) is 53.8 Å². The van der Waals surface area contributed by atoms with Crippen LogP contribution in [0.3, 0.4) is 0 Å². The van der Waals surface area contributed by atoms with Gasteiger partial charge in [-0.3, -0.25) is 23.9 Å². The number of hydrogen-bond acceptors (Lipinski definition) is 10. The summed E-state index contributed by atoms with van der Waals surface area (Å²) in [6.07, 6.45) is 8.02. The van der Waals surface area contributed by atoms with Crippen LogP contribution in [-0.2, 0) is 29.1 Å². The van der Waals surface area contributed by atoms with Crippen molar-refractivity contribution in [1.29, 1.82) is 0 Å². The van der Waals surface area contributed by atoms with Gasteiger partial charge in [-0.25, -0.2) is 17.9 Å². The summed E-state index contributed by atoms with van der Waals surface area (Å²) >= 11 is 0. The quantitative estimate of drug-likeness (QED) is 0.254. The summed E-state index contributed by atoms with van der Waals surface area (Å²) in [5, 5.41) is 9.82. The van der Waals surface area contributed by atoms with E-state index in [0.717, 1.165) is 69.3 Å². The Labute approximate surface area is 327 Å². The lowest BCUT2D eigenvalue weighted by Gasteiger charge is -2.31. The molecule has 0 radical (unpaired) electrons. The van der Waals surface area contributed by atoms with Gasteiger partial charge in [0, 0.05) is 43.6 Å². The number of carbonyl (C=O) groups excluding carboxylic acids is 4. The van der Waals surface area contributed by atoms with Gasteiger partial charge in [0.15, 0.2) is 0 Å². The van der Waals surface area contributed by atoms with E-state index in [9.17, 15) is 32.4 Å². The second-order valence-electron chi connectivity index (χ2n) is 16.3. The number of nitrogens with one attached hydrogen (secondary N) is 3. The van der Waals surface area contributed by atoms with E-state index in [2.05, 4.69) is 26.8 Å². The smallest absolute Gasteiger partial charge is 0.408 e. The summed E-state index contributed by atoms with van der Waals surface area (Å²) in [7, 11) is -3.92. The Balaban J connectivity index is 1.21. The lowest BCUT2D eigenvalue weighted by molar-refractivity contribution is -0.141. The van der Waals surface area contributed by atoms with Gasteiger partial charge in [-0.2, -0.15) is 5.10 Å². The van der Waals surface area contributed by atoms with Gasteiger partial charge < -0.3 is 25.2 Å². The lowest BCUT2D eigenvalue weighted by atomic mass is 10.0. The number of piperidine rings is 1. The van der Waals surface area contributed by atoms with Crippen molar-refractivity contribution < 1.29 is 32.3 Å². The first-order chi connectivity index (χ1) is 26.8. The Morgan fingerprint density at radius 1 is 1.00 bits per heavy atom. The van der Waals surface area contributed by atoms with Crippen molar-refractivity contribution in [3.63, 3.8) is 0 Å². The minimum atomic E-state index is -3.92. The molecule has 0 bridgehead atoms. The van der Waals surface area contributed by atoms with E-state index in [0.29, 0.717) is 18.5 Å². The number of likely N-dealkylation sites (tertiary alicyclic amines) is 1. The first-order valence-corrected chi connectivity index (χ1v) is 21.6. The number of sulfonamides is 1. The minimum absolute atomic E-state index is 0.0318. The molecule has 3 aliphatic carbocycles. The molecule has 2 aromatic rings. The van der Waals surface area contributed by atoms with Crippen LogP contribution in [-0.4, -0.2) is 95.5 Å². The second kappa shape index (κ2) is 16.0. The molecule has 3 heterocycles. The number of anilines is 1. The van der Waals surface area contributed by atoms with Crippen molar-refractivity contribution >= 4 is 39.5 Å². The second-order valence-corrected chi connectivity index (χ2v) is 18.3. The van der Waals surface area contributed by atoms with E-state index < -0.39 is 80.1 Å². The molecule has 56 heavy (non-hydrogen) atoms. The first-order valence-electron chi connectivity index (χ1n) is 20.0. The van der Waals surface area contributed by atoms with Crippen LogP contribution in [0.25, 0.3) is 11.3 Å². The van der Waals surface area contributed by atoms with Crippen molar-refractivity contribution in [2.24, 2.45) is 11.8 Å². The number of amides is 4. The molecule has 4 amide bonds. The molecule has 16 heteroatoms. The highest BCUT2D eigenvalue weighted by Gasteiger charge is 2.62. The van der Waals surface area contributed by atoms with E-state index in [4.69, 9.17) is 9.84 Å². The molecule has 7 rings (SSSR count). The average Bonchev–Trinajstić information content (AvgIpc) is 4.06. The number of benzene rings is 1. The summed E-state index contributed by atoms with van der Waals surface area (Å²) in [6.45, 7) is 8.82. The van der Waals surface area contributed by atoms with Crippen LogP contribution in [0.4, 0.5) is 10.5 Å². The zero-order valence-electron chi connectivity index (χ0n) is 32.2. The predicted molar refractivity (Wildman–Crippen MR) is 209 cm³/mol. The molecule has 15 nitrogen and oxygen atoms in total. The molecule has 1 aromatic heterocycles. The molecular weight excluding hydrogens is 739 g/mol. The predicted octanol–water partition coefficient (Wildman–Crippen LogP) is 3.41. The minimum Gasteiger partial charge on any atom is -0.446 e. The van der Waals surface area contributed by atoms with Gasteiger partial charge in [-0.05, 0) is 70.1 Å². The highest BCUT2D eigenvalue weighted by Crippen LogP contribution is 2.46. The van der Waals surface area contributed by atoms with Crippen LogP contribution in [0, 0.1) is 11.8 Å². The molecule has 2 saturated heterocycles. The highest BCUT2D eigenvalue weighted by atomic mass is 32.2. The number of hydrogen-bond donors (Lipinski definition) is 3. The van der Waals surface area contributed by atoms with Crippen LogP contribution >= 0.6 is 0 Å². The maximum atomic E-state index is 14.6. The van der Waals surface area contributed by atoms with Gasteiger partial charge in [0.05, 0.1) is 17.0 Å². The summed E-state index contributed by atoms with van der Waals surface area (Å²) in [4.78, 5) is 73.2. The molecule has 5 fully saturated rings. The standard InChI is InChI=1S/C40H53N7O8S/c1-4-27-23-40(27,38(51)44-56(53,54)30-17-18-30)42-36(49)32-21-28(24-46(32)37(50)34(25(2)3)41-39(52)55-29-15-9-10-16-29)47-33(48)22-31(45-19-11-6-12-20-45)35(43-47)26-13-7-5-8-14-26/h4-5,7-8,13-14,22,25,27-30,32,34H,1,6,9-12,15-21,23-24H2,2-3H3,(H,41,52)(H,42,49)(H,44,51)/t27-,28-,32+,34+,40-/m1/s1. The van der Waals surface area contributed by atoms with E-state index in [1.165, 1.54) is 15.7 Å². The molecule has 0 unspecified atom stereocenters. The van der Waals surface area contributed by atoms with Crippen LogP contribution in [0.1, 0.15) is 90.5 Å². The van der Waals surface area contributed by atoms with Crippen LogP contribution in [0.5, 0.6) is 0 Å². The SMILES string of the molecule is C=C[C@@H]1C[C@]1(NC(=O)[C@@H]1C[C@@H](n2nc(-c3ccccc3)c(N3CCCCC3)cc2=O)CN1C(=O)[C@@H](NC(=O)OC1CCCC1)C(C)C)C(=O)NS(=O)(=O)C1CC1. The molecule has 5 atom stereocenters. The topological polar surface area (TPSA) is 189 Å². The summed E-state index contributed by atoms with van der Waals surface area (Å²) in [6, 6.07) is 8.09. The molecule has 3 saturated carbocycles. The first kappa shape index (κ1) is 39.5. The Bertz CT molecular complexity index is 2010. The van der Waals surface area contributed by atoms with Gasteiger partial charge in [0.1, 0.15) is 29.4 Å². The lowest BCUT2D eigenvalue weighted by Crippen LogP contribution is -2.59. The molecule has 5 aliphatic rings. The maximum absolute atomic E-state index is 14.6.